The highest BCUT2D eigenvalue weighted by molar-refractivity contribution is 6.30. The minimum absolute atomic E-state index is 0.0571. The van der Waals surface area contributed by atoms with Gasteiger partial charge in [-0.3, -0.25) is 9.59 Å². The van der Waals surface area contributed by atoms with Crippen molar-refractivity contribution in [2.75, 3.05) is 51.3 Å². The zero-order chi connectivity index (χ0) is 30.4. The second-order valence-corrected chi connectivity index (χ2v) is 12.8. The van der Waals surface area contributed by atoms with Crippen LogP contribution in [0.4, 0.5) is 10.5 Å². The van der Waals surface area contributed by atoms with E-state index in [1.807, 2.05) is 36.4 Å². The Balaban J connectivity index is 1.69. The van der Waals surface area contributed by atoms with Crippen LogP contribution in [0.2, 0.25) is 5.02 Å². The van der Waals surface area contributed by atoms with Crippen molar-refractivity contribution < 1.29 is 29.0 Å². The number of likely N-dealkylation sites (tertiary alicyclic amines) is 1. The zero-order valence-corrected chi connectivity index (χ0v) is 25.7. The summed E-state index contributed by atoms with van der Waals surface area (Å²) in [5.74, 6) is -0.283. The molecular weight excluding hydrogens is 558 g/mol. The second-order valence-electron chi connectivity index (χ2n) is 12.3. The molecule has 1 N–H and O–H groups in total. The number of ether oxygens (including phenoxy) is 2. The Kier molecular flexibility index (Phi) is 10.4. The number of methoxy groups -OCH3 is 1. The monoisotopic (exact) mass is 599 g/mol. The summed E-state index contributed by atoms with van der Waals surface area (Å²) >= 11 is 6.53. The van der Waals surface area contributed by atoms with Crippen molar-refractivity contribution >= 4 is 35.2 Å². The molecule has 10 heteroatoms. The molecule has 0 bridgehead atoms. The van der Waals surface area contributed by atoms with Crippen molar-refractivity contribution in [1.29, 1.82) is 0 Å². The number of hydrogen-bond donors (Lipinski definition) is 1. The summed E-state index contributed by atoms with van der Waals surface area (Å²) < 4.78 is 12.2. The number of rotatable bonds is 5. The van der Waals surface area contributed by atoms with Gasteiger partial charge in [-0.1, -0.05) is 50.6 Å². The number of carbonyl (C=O) groups excluding carboxylic acids is 2. The summed E-state index contributed by atoms with van der Waals surface area (Å²) in [4.78, 5) is 44.1. The van der Waals surface area contributed by atoms with E-state index in [9.17, 15) is 14.4 Å². The summed E-state index contributed by atoms with van der Waals surface area (Å²) in [6.45, 7) is 8.18. The van der Waals surface area contributed by atoms with E-state index < -0.39 is 12.1 Å². The minimum Gasteiger partial charge on any atom is -0.496 e. The van der Waals surface area contributed by atoms with Gasteiger partial charge < -0.3 is 29.3 Å². The standard InChI is InChI=1S/C32H42ClN3O6/c1-32(2,3)21-36-26-11-10-23(33)19-25(26)30(24-8-5-6-9-27(24)41-4)42-17-7-14-35(20-28(36)37)31(40)34-15-12-22(13-16-34)18-29(38)39/h5-6,8-11,19,22,30H,7,12-18,20-21H2,1-4H3,(H,38,39). The number of carboxylic acids is 1. The molecule has 1 fully saturated rings. The van der Waals surface area contributed by atoms with Crippen molar-refractivity contribution in [2.24, 2.45) is 11.3 Å². The van der Waals surface area contributed by atoms with E-state index in [1.165, 1.54) is 0 Å². The number of amides is 3. The Morgan fingerprint density at radius 3 is 2.43 bits per heavy atom. The Morgan fingerprint density at radius 1 is 1.05 bits per heavy atom. The van der Waals surface area contributed by atoms with E-state index in [-0.39, 0.29) is 36.2 Å². The average molecular weight is 600 g/mol. The molecule has 1 atom stereocenters. The van der Waals surface area contributed by atoms with Crippen LogP contribution < -0.4 is 9.64 Å². The molecule has 3 amide bonds. The first kappa shape index (κ1) is 31.6. The molecule has 2 aliphatic heterocycles. The molecule has 0 radical (unpaired) electrons. The summed E-state index contributed by atoms with van der Waals surface area (Å²) in [5.41, 5.74) is 2.01. The molecule has 42 heavy (non-hydrogen) atoms. The molecule has 1 saturated heterocycles. The number of fused-ring (bicyclic) bond motifs is 1. The molecule has 0 aliphatic carbocycles. The quantitative estimate of drug-likeness (QED) is 0.463. The van der Waals surface area contributed by atoms with E-state index in [4.69, 9.17) is 26.2 Å². The van der Waals surface area contributed by atoms with E-state index >= 15 is 0 Å². The van der Waals surface area contributed by atoms with Crippen LogP contribution in [-0.2, 0) is 14.3 Å². The van der Waals surface area contributed by atoms with Crippen LogP contribution in [-0.4, -0.2) is 79.3 Å². The molecule has 0 spiro atoms. The SMILES string of the molecule is COc1ccccc1C1OCCCN(C(=O)N2CCC(CC(=O)O)CC2)CC(=O)N(CC(C)(C)C)c2ccc(Cl)cc21. The van der Waals surface area contributed by atoms with Crippen LogP contribution in [0, 0.1) is 11.3 Å². The molecule has 0 aromatic heterocycles. The van der Waals surface area contributed by atoms with Gasteiger partial charge in [0, 0.05) is 61.0 Å². The molecule has 2 aliphatic rings. The fourth-order valence-corrected chi connectivity index (χ4v) is 5.90. The lowest BCUT2D eigenvalue weighted by Gasteiger charge is -2.37. The van der Waals surface area contributed by atoms with E-state index in [0.717, 1.165) is 11.1 Å². The van der Waals surface area contributed by atoms with Gasteiger partial charge in [-0.25, -0.2) is 4.79 Å². The topological polar surface area (TPSA) is 99.6 Å². The molecule has 0 saturated carbocycles. The highest BCUT2D eigenvalue weighted by Crippen LogP contribution is 2.40. The largest absolute Gasteiger partial charge is 0.496 e. The van der Waals surface area contributed by atoms with Gasteiger partial charge in [0.05, 0.1) is 7.11 Å². The van der Waals surface area contributed by atoms with Crippen LogP contribution in [0.15, 0.2) is 42.5 Å². The Hall–Kier alpha value is -3.30. The van der Waals surface area contributed by atoms with Crippen molar-refractivity contribution in [3.05, 3.63) is 58.6 Å². The summed E-state index contributed by atoms with van der Waals surface area (Å²) in [7, 11) is 1.62. The Morgan fingerprint density at radius 2 is 1.76 bits per heavy atom. The summed E-state index contributed by atoms with van der Waals surface area (Å²) in [5, 5.41) is 9.68. The smallest absolute Gasteiger partial charge is 0.320 e. The first-order valence-corrected chi connectivity index (χ1v) is 14.9. The lowest BCUT2D eigenvalue weighted by molar-refractivity contribution is -0.138. The number of halogens is 1. The summed E-state index contributed by atoms with van der Waals surface area (Å²) in [6.07, 6.45) is 1.34. The van der Waals surface area contributed by atoms with E-state index in [0.29, 0.717) is 68.5 Å². The third-order valence-electron chi connectivity index (χ3n) is 7.72. The third kappa shape index (κ3) is 7.95. The molecular formula is C32H42ClN3O6. The van der Waals surface area contributed by atoms with E-state index in [2.05, 4.69) is 20.8 Å². The highest BCUT2D eigenvalue weighted by atomic mass is 35.5. The number of benzene rings is 2. The van der Waals surface area contributed by atoms with Crippen LogP contribution in [0.25, 0.3) is 0 Å². The highest BCUT2D eigenvalue weighted by Gasteiger charge is 2.33. The molecule has 1 unspecified atom stereocenters. The van der Waals surface area contributed by atoms with Crippen molar-refractivity contribution in [3.8, 4) is 5.75 Å². The van der Waals surface area contributed by atoms with Crippen LogP contribution in [0.3, 0.4) is 0 Å². The van der Waals surface area contributed by atoms with Gasteiger partial charge in [0.2, 0.25) is 5.91 Å². The number of anilines is 1. The fraction of sp³-hybridized carbons (Fsp3) is 0.531. The van der Waals surface area contributed by atoms with Gasteiger partial charge in [-0.05, 0) is 54.9 Å². The minimum atomic E-state index is -0.815. The molecule has 2 heterocycles. The number of para-hydroxylation sites is 1. The van der Waals surface area contributed by atoms with Gasteiger partial charge in [0.15, 0.2) is 0 Å². The van der Waals surface area contributed by atoms with Gasteiger partial charge in [-0.2, -0.15) is 0 Å². The molecule has 4 rings (SSSR count). The molecule has 228 valence electrons. The predicted molar refractivity (Wildman–Crippen MR) is 162 cm³/mol. The third-order valence-corrected chi connectivity index (χ3v) is 7.95. The molecule has 2 aromatic rings. The normalized spacial score (nSPS) is 19.2. The van der Waals surface area contributed by atoms with Gasteiger partial charge in [0.1, 0.15) is 18.4 Å². The average Bonchev–Trinajstić information content (AvgIpc) is 2.96. The van der Waals surface area contributed by atoms with Crippen LogP contribution >= 0.6 is 11.6 Å². The maximum Gasteiger partial charge on any atom is 0.320 e. The first-order chi connectivity index (χ1) is 20.0. The number of carbonyl (C=O) groups is 3. The maximum absolute atomic E-state index is 14.2. The van der Waals surface area contributed by atoms with Crippen molar-refractivity contribution in [2.45, 2.75) is 52.6 Å². The number of nitrogens with zero attached hydrogens (tertiary/aromatic N) is 3. The maximum atomic E-state index is 14.2. The number of urea groups is 1. The van der Waals surface area contributed by atoms with E-state index in [1.54, 1.807) is 27.9 Å². The fourth-order valence-electron chi connectivity index (χ4n) is 5.72. The lowest BCUT2D eigenvalue weighted by Crippen LogP contribution is -2.51. The van der Waals surface area contributed by atoms with Crippen molar-refractivity contribution in [1.82, 2.24) is 9.80 Å². The van der Waals surface area contributed by atoms with Gasteiger partial charge in [0.25, 0.3) is 0 Å². The molecule has 9 nitrogen and oxygen atoms in total. The zero-order valence-electron chi connectivity index (χ0n) is 25.0. The number of aliphatic carboxylic acids is 1. The first-order valence-electron chi connectivity index (χ1n) is 14.6. The summed E-state index contributed by atoms with van der Waals surface area (Å²) in [6, 6.07) is 12.9. The van der Waals surface area contributed by atoms with Gasteiger partial charge in [-0.15, -0.1) is 0 Å². The predicted octanol–water partition coefficient (Wildman–Crippen LogP) is 5.85. The second kappa shape index (κ2) is 13.8. The van der Waals surface area contributed by atoms with Crippen molar-refractivity contribution in [3.63, 3.8) is 0 Å². The molecule has 2 aromatic carbocycles. The Bertz CT molecular complexity index is 1270. The van der Waals surface area contributed by atoms with Gasteiger partial charge >= 0.3 is 12.0 Å². The number of piperidine rings is 1. The van der Waals surface area contributed by atoms with Crippen LogP contribution in [0.5, 0.6) is 5.75 Å². The number of carboxylic acid groups (broad SMARTS) is 1. The van der Waals surface area contributed by atoms with Crippen LogP contribution in [0.1, 0.15) is 63.7 Å². The Labute approximate surface area is 253 Å². The number of hydrogen-bond acceptors (Lipinski definition) is 5. The lowest BCUT2D eigenvalue weighted by atomic mass is 9.93.